The molecular formula is C19H24N4O. The van der Waals surface area contributed by atoms with Crippen LogP contribution in [0.5, 0.6) is 0 Å². The van der Waals surface area contributed by atoms with Crippen LogP contribution in [-0.4, -0.2) is 35.3 Å². The number of hydrogen-bond acceptors (Lipinski definition) is 3. The minimum Gasteiger partial charge on any atom is -0.368 e. The van der Waals surface area contributed by atoms with Crippen molar-refractivity contribution >= 4 is 22.5 Å². The molecule has 1 aromatic heterocycles. The SMILES string of the molecule is CNC(=O)[C@@H]1C[C@H]1c1cc(N2CC3CCC2C3)cc2c1cnn2C. The van der Waals surface area contributed by atoms with E-state index in [4.69, 9.17) is 0 Å². The van der Waals surface area contributed by atoms with Gasteiger partial charge in [0.25, 0.3) is 0 Å². The maximum atomic E-state index is 12.0. The van der Waals surface area contributed by atoms with Crippen molar-refractivity contribution in [2.45, 2.75) is 37.6 Å². The third kappa shape index (κ3) is 2.00. The molecule has 4 atom stereocenters. The number of hydrogen-bond donors (Lipinski definition) is 1. The molecule has 2 aliphatic carbocycles. The quantitative estimate of drug-likeness (QED) is 0.943. The molecule has 2 saturated carbocycles. The van der Waals surface area contributed by atoms with Crippen LogP contribution in [0.15, 0.2) is 18.3 Å². The van der Waals surface area contributed by atoms with Crippen LogP contribution in [0.3, 0.4) is 0 Å². The minimum atomic E-state index is 0.128. The normalized spacial score (nSPS) is 31.0. The molecule has 1 aliphatic heterocycles. The first kappa shape index (κ1) is 14.3. The van der Waals surface area contributed by atoms with Crippen LogP contribution in [0.2, 0.25) is 0 Å². The molecule has 0 radical (unpaired) electrons. The molecule has 1 saturated heterocycles. The van der Waals surface area contributed by atoms with E-state index in [9.17, 15) is 4.79 Å². The van der Waals surface area contributed by atoms with Crippen LogP contribution in [0.25, 0.3) is 10.9 Å². The molecule has 5 rings (SSSR count). The average Bonchev–Trinajstić information content (AvgIpc) is 2.92. The molecule has 2 unspecified atom stereocenters. The first-order valence-corrected chi connectivity index (χ1v) is 9.09. The Balaban J connectivity index is 1.57. The van der Waals surface area contributed by atoms with Crippen LogP contribution in [0.1, 0.15) is 37.2 Å². The fourth-order valence-electron chi connectivity index (χ4n) is 4.99. The van der Waals surface area contributed by atoms with Crippen LogP contribution in [0, 0.1) is 11.8 Å². The fraction of sp³-hybridized carbons (Fsp3) is 0.579. The summed E-state index contributed by atoms with van der Waals surface area (Å²) in [4.78, 5) is 14.6. The summed E-state index contributed by atoms with van der Waals surface area (Å²) in [5.74, 6) is 1.52. The van der Waals surface area contributed by atoms with Crippen molar-refractivity contribution in [2.24, 2.45) is 18.9 Å². The molecular weight excluding hydrogens is 300 g/mol. The summed E-state index contributed by atoms with van der Waals surface area (Å²) < 4.78 is 1.97. The highest BCUT2D eigenvalue weighted by Crippen LogP contribution is 2.51. The van der Waals surface area contributed by atoms with Crippen LogP contribution >= 0.6 is 0 Å². The monoisotopic (exact) mass is 324 g/mol. The molecule has 126 valence electrons. The zero-order valence-corrected chi connectivity index (χ0v) is 14.3. The van der Waals surface area contributed by atoms with Crippen molar-refractivity contribution in [3.05, 3.63) is 23.9 Å². The van der Waals surface area contributed by atoms with Gasteiger partial charge in [-0.15, -0.1) is 0 Å². The second-order valence-corrected chi connectivity index (χ2v) is 7.78. The highest BCUT2D eigenvalue weighted by atomic mass is 16.1. The molecule has 5 nitrogen and oxygen atoms in total. The molecule has 24 heavy (non-hydrogen) atoms. The maximum Gasteiger partial charge on any atom is 0.223 e. The number of aromatic nitrogens is 2. The number of piperidine rings is 1. The van der Waals surface area contributed by atoms with Gasteiger partial charge in [0.2, 0.25) is 5.91 Å². The molecule has 1 amide bonds. The van der Waals surface area contributed by atoms with Crippen LogP contribution in [0.4, 0.5) is 5.69 Å². The third-order valence-corrected chi connectivity index (χ3v) is 6.40. The van der Waals surface area contributed by atoms with Crippen molar-refractivity contribution in [2.75, 3.05) is 18.5 Å². The minimum absolute atomic E-state index is 0.128. The number of nitrogens with one attached hydrogen (secondary N) is 1. The van der Waals surface area contributed by atoms with Gasteiger partial charge >= 0.3 is 0 Å². The number of nitrogens with zero attached hydrogens (tertiary/aromatic N) is 3. The van der Waals surface area contributed by atoms with E-state index in [0.717, 1.165) is 12.3 Å². The Morgan fingerprint density at radius 2 is 2.17 bits per heavy atom. The van der Waals surface area contributed by atoms with E-state index >= 15 is 0 Å². The summed E-state index contributed by atoms with van der Waals surface area (Å²) in [6.45, 7) is 1.19. The summed E-state index contributed by atoms with van der Waals surface area (Å²) >= 11 is 0. The van der Waals surface area contributed by atoms with Crippen molar-refractivity contribution in [3.8, 4) is 0 Å². The van der Waals surface area contributed by atoms with Crippen LogP contribution in [-0.2, 0) is 11.8 Å². The van der Waals surface area contributed by atoms with Gasteiger partial charge < -0.3 is 10.2 Å². The van der Waals surface area contributed by atoms with Gasteiger partial charge in [-0.25, -0.2) is 0 Å². The molecule has 3 fully saturated rings. The van der Waals surface area contributed by atoms with E-state index in [2.05, 4.69) is 27.4 Å². The largest absolute Gasteiger partial charge is 0.368 e. The molecule has 2 aromatic rings. The second kappa shape index (κ2) is 4.98. The Labute approximate surface area is 142 Å². The Hall–Kier alpha value is -2.04. The van der Waals surface area contributed by atoms with Crippen molar-refractivity contribution in [1.82, 2.24) is 15.1 Å². The van der Waals surface area contributed by atoms with Crippen LogP contribution < -0.4 is 10.2 Å². The standard InChI is InChI=1S/C19H24N4O/c1-20-19(24)16-8-15(16)14-6-13(7-18-17(14)9-21-22(18)2)23-10-11-3-4-12(23)5-11/h6-7,9,11-12,15-16H,3-5,8,10H2,1-2H3,(H,20,24)/t11?,12?,15-,16+/m0/s1. The lowest BCUT2D eigenvalue weighted by molar-refractivity contribution is -0.121. The number of fused-ring (bicyclic) bond motifs is 3. The van der Waals surface area contributed by atoms with Gasteiger partial charge in [-0.2, -0.15) is 5.10 Å². The lowest BCUT2D eigenvalue weighted by atomic mass is 10.0. The number of rotatable bonds is 3. The molecule has 1 N–H and O–H groups in total. The predicted octanol–water partition coefficient (Wildman–Crippen LogP) is 2.41. The summed E-state index contributed by atoms with van der Waals surface area (Å²) in [5.41, 5.74) is 3.83. The van der Waals surface area contributed by atoms with Gasteiger partial charge in [0.05, 0.1) is 11.7 Å². The van der Waals surface area contributed by atoms with Crippen molar-refractivity contribution < 1.29 is 4.79 Å². The maximum absolute atomic E-state index is 12.0. The highest BCUT2D eigenvalue weighted by molar-refractivity contribution is 5.90. The summed E-state index contributed by atoms with van der Waals surface area (Å²) in [6.07, 6.45) is 6.99. The number of aryl methyl sites for hydroxylation is 1. The zero-order valence-electron chi connectivity index (χ0n) is 14.3. The average molecular weight is 324 g/mol. The molecule has 1 aromatic carbocycles. The third-order valence-electron chi connectivity index (χ3n) is 6.40. The first-order valence-electron chi connectivity index (χ1n) is 9.09. The van der Waals surface area contributed by atoms with E-state index < -0.39 is 0 Å². The molecule has 5 heteroatoms. The molecule has 0 spiro atoms. The number of carbonyl (C=O) groups is 1. The van der Waals surface area contributed by atoms with E-state index in [-0.39, 0.29) is 11.8 Å². The first-order chi connectivity index (χ1) is 11.7. The summed E-state index contributed by atoms with van der Waals surface area (Å²) in [7, 11) is 3.74. The molecule has 3 aliphatic rings. The Kier molecular flexibility index (Phi) is 2.97. The van der Waals surface area contributed by atoms with Gasteiger partial charge in [-0.05, 0) is 55.2 Å². The molecule has 2 bridgehead atoms. The van der Waals surface area contributed by atoms with Gasteiger partial charge in [0.1, 0.15) is 0 Å². The van der Waals surface area contributed by atoms with Gasteiger partial charge in [0, 0.05) is 43.7 Å². The van der Waals surface area contributed by atoms with Gasteiger partial charge in [-0.1, -0.05) is 0 Å². The predicted molar refractivity (Wildman–Crippen MR) is 94.1 cm³/mol. The Morgan fingerprint density at radius 3 is 2.88 bits per heavy atom. The Morgan fingerprint density at radius 1 is 1.29 bits per heavy atom. The second-order valence-electron chi connectivity index (χ2n) is 7.78. The van der Waals surface area contributed by atoms with E-state index in [0.29, 0.717) is 12.0 Å². The molecule has 2 heterocycles. The Bertz CT molecular complexity index is 826. The van der Waals surface area contributed by atoms with Crippen molar-refractivity contribution in [1.29, 1.82) is 0 Å². The van der Waals surface area contributed by atoms with E-state index in [1.54, 1.807) is 7.05 Å². The number of benzene rings is 1. The lowest BCUT2D eigenvalue weighted by Crippen LogP contribution is -2.31. The number of carbonyl (C=O) groups excluding carboxylic acids is 1. The number of anilines is 1. The van der Waals surface area contributed by atoms with Gasteiger partial charge in [-0.3, -0.25) is 9.48 Å². The van der Waals surface area contributed by atoms with Gasteiger partial charge in [0.15, 0.2) is 0 Å². The summed E-state index contributed by atoms with van der Waals surface area (Å²) in [6, 6.07) is 5.35. The fourth-order valence-corrected chi connectivity index (χ4v) is 4.99. The highest BCUT2D eigenvalue weighted by Gasteiger charge is 2.45. The zero-order chi connectivity index (χ0) is 16.4. The lowest BCUT2D eigenvalue weighted by Gasteiger charge is -2.30. The number of amides is 1. The van der Waals surface area contributed by atoms with E-state index in [1.165, 1.54) is 48.0 Å². The van der Waals surface area contributed by atoms with E-state index in [1.807, 2.05) is 17.9 Å². The van der Waals surface area contributed by atoms with Crippen molar-refractivity contribution in [3.63, 3.8) is 0 Å². The summed E-state index contributed by atoms with van der Waals surface area (Å²) in [5, 5.41) is 8.48. The smallest absolute Gasteiger partial charge is 0.223 e. The topological polar surface area (TPSA) is 50.2 Å².